The van der Waals surface area contributed by atoms with Crippen molar-refractivity contribution in [2.75, 3.05) is 13.7 Å². The van der Waals surface area contributed by atoms with E-state index in [2.05, 4.69) is 10.1 Å². The molecule has 1 atom stereocenters. The molecule has 22 heavy (non-hydrogen) atoms. The summed E-state index contributed by atoms with van der Waals surface area (Å²) in [6.07, 6.45) is -0.190. The molecule has 2 N–H and O–H groups in total. The Labute approximate surface area is 132 Å². The SMILES string of the molecule is COC(=O)c1ccc(C(=O)NC[C@@H](O)Cc2ccccc2)s1. The predicted octanol–water partition coefficient (Wildman–Crippen LogP) is 1.87. The van der Waals surface area contributed by atoms with Gasteiger partial charge in [0.25, 0.3) is 5.91 Å². The van der Waals surface area contributed by atoms with Gasteiger partial charge in [0.05, 0.1) is 18.1 Å². The van der Waals surface area contributed by atoms with E-state index >= 15 is 0 Å². The van der Waals surface area contributed by atoms with Gasteiger partial charge in [-0.3, -0.25) is 4.79 Å². The number of methoxy groups -OCH3 is 1. The third-order valence-corrected chi connectivity index (χ3v) is 4.09. The molecule has 0 spiro atoms. The van der Waals surface area contributed by atoms with Gasteiger partial charge < -0.3 is 15.2 Å². The van der Waals surface area contributed by atoms with Crippen molar-refractivity contribution >= 4 is 23.2 Å². The molecule has 0 bridgehead atoms. The number of thiophene rings is 1. The standard InChI is InChI=1S/C16H17NO4S/c1-21-16(20)14-8-7-13(22-14)15(19)17-10-12(18)9-11-5-3-2-4-6-11/h2-8,12,18H,9-10H2,1H3,(H,17,19)/t12-/m0/s1. The number of esters is 1. The van der Waals surface area contributed by atoms with Crippen LogP contribution in [-0.2, 0) is 11.2 Å². The van der Waals surface area contributed by atoms with E-state index in [9.17, 15) is 14.7 Å². The number of hydrogen-bond donors (Lipinski definition) is 2. The fourth-order valence-electron chi connectivity index (χ4n) is 1.93. The molecule has 0 unspecified atom stereocenters. The summed E-state index contributed by atoms with van der Waals surface area (Å²) in [7, 11) is 1.29. The molecule has 0 fully saturated rings. The third-order valence-electron chi connectivity index (χ3n) is 3.03. The van der Waals surface area contributed by atoms with Crippen LogP contribution >= 0.6 is 11.3 Å². The highest BCUT2D eigenvalue weighted by molar-refractivity contribution is 7.15. The van der Waals surface area contributed by atoms with Crippen molar-refractivity contribution in [3.63, 3.8) is 0 Å². The molecule has 1 amide bonds. The average molecular weight is 319 g/mol. The van der Waals surface area contributed by atoms with E-state index in [1.807, 2.05) is 30.3 Å². The normalized spacial score (nSPS) is 11.7. The number of rotatable bonds is 6. The Kier molecular flexibility index (Phi) is 5.68. The van der Waals surface area contributed by atoms with Crippen LogP contribution in [-0.4, -0.2) is 36.7 Å². The van der Waals surface area contributed by atoms with Gasteiger partial charge in [0, 0.05) is 13.0 Å². The summed E-state index contributed by atoms with van der Waals surface area (Å²) in [5.41, 5.74) is 1.01. The Balaban J connectivity index is 1.84. The van der Waals surface area contributed by atoms with Gasteiger partial charge in [-0.05, 0) is 17.7 Å². The van der Waals surface area contributed by atoms with E-state index in [0.29, 0.717) is 16.2 Å². The molecule has 0 saturated carbocycles. The first-order chi connectivity index (χ1) is 10.6. The topological polar surface area (TPSA) is 75.6 Å². The molecule has 116 valence electrons. The summed E-state index contributed by atoms with van der Waals surface area (Å²) in [5.74, 6) is -0.777. The minimum Gasteiger partial charge on any atom is -0.465 e. The first kappa shape index (κ1) is 16.2. The number of nitrogens with one attached hydrogen (secondary N) is 1. The molecule has 0 aliphatic heterocycles. The van der Waals surface area contributed by atoms with Crippen LogP contribution in [0.4, 0.5) is 0 Å². The first-order valence-corrected chi connectivity index (χ1v) is 7.60. The number of hydrogen-bond acceptors (Lipinski definition) is 5. The molecule has 2 aromatic rings. The Morgan fingerprint density at radius 2 is 1.86 bits per heavy atom. The fraction of sp³-hybridized carbons (Fsp3) is 0.250. The number of carbonyl (C=O) groups excluding carboxylic acids is 2. The molecule has 1 aromatic carbocycles. The molecule has 1 heterocycles. The number of aliphatic hydroxyl groups excluding tert-OH is 1. The zero-order chi connectivity index (χ0) is 15.9. The van der Waals surface area contributed by atoms with Gasteiger partial charge >= 0.3 is 5.97 Å². The van der Waals surface area contributed by atoms with Crippen molar-refractivity contribution in [1.29, 1.82) is 0 Å². The second-order valence-electron chi connectivity index (χ2n) is 4.71. The highest BCUT2D eigenvalue weighted by atomic mass is 32.1. The zero-order valence-electron chi connectivity index (χ0n) is 12.1. The highest BCUT2D eigenvalue weighted by Gasteiger charge is 2.15. The van der Waals surface area contributed by atoms with Crippen LogP contribution in [0.3, 0.4) is 0 Å². The van der Waals surface area contributed by atoms with Gasteiger partial charge in [0.15, 0.2) is 0 Å². The molecular formula is C16H17NO4S. The Morgan fingerprint density at radius 1 is 1.18 bits per heavy atom. The lowest BCUT2D eigenvalue weighted by molar-refractivity contribution is 0.0606. The van der Waals surface area contributed by atoms with Crippen molar-refractivity contribution < 1.29 is 19.4 Å². The van der Waals surface area contributed by atoms with Crippen LogP contribution in [0.25, 0.3) is 0 Å². The zero-order valence-corrected chi connectivity index (χ0v) is 12.9. The summed E-state index contributed by atoms with van der Waals surface area (Å²) in [4.78, 5) is 24.1. The minimum absolute atomic E-state index is 0.152. The molecule has 0 saturated heterocycles. The summed E-state index contributed by atoms with van der Waals surface area (Å²) >= 11 is 1.06. The van der Waals surface area contributed by atoms with E-state index in [1.54, 1.807) is 12.1 Å². The molecular weight excluding hydrogens is 302 g/mol. The second kappa shape index (κ2) is 7.72. The molecule has 6 heteroatoms. The van der Waals surface area contributed by atoms with Crippen LogP contribution in [0.2, 0.25) is 0 Å². The minimum atomic E-state index is -0.661. The lowest BCUT2D eigenvalue weighted by Gasteiger charge is -2.11. The van der Waals surface area contributed by atoms with Gasteiger partial charge in [-0.25, -0.2) is 4.79 Å². The smallest absolute Gasteiger partial charge is 0.348 e. The van der Waals surface area contributed by atoms with Crippen molar-refractivity contribution in [2.24, 2.45) is 0 Å². The van der Waals surface area contributed by atoms with Gasteiger partial charge in [-0.2, -0.15) is 0 Å². The number of aliphatic hydroxyl groups is 1. The van der Waals surface area contributed by atoms with Gasteiger partial charge in [0.2, 0.25) is 0 Å². The number of amides is 1. The Hall–Kier alpha value is -2.18. The van der Waals surface area contributed by atoms with Crippen LogP contribution in [0.5, 0.6) is 0 Å². The number of ether oxygens (including phenoxy) is 1. The quantitative estimate of drug-likeness (QED) is 0.797. The maximum atomic E-state index is 12.0. The summed E-state index contributed by atoms with van der Waals surface area (Å²) in [5, 5.41) is 12.6. The summed E-state index contributed by atoms with van der Waals surface area (Å²) in [6, 6.07) is 12.7. The Morgan fingerprint density at radius 3 is 2.55 bits per heavy atom. The monoisotopic (exact) mass is 319 g/mol. The van der Waals surface area contributed by atoms with E-state index in [-0.39, 0.29) is 12.5 Å². The van der Waals surface area contributed by atoms with Crippen molar-refractivity contribution in [3.8, 4) is 0 Å². The summed E-state index contributed by atoms with van der Waals surface area (Å²) < 4.78 is 4.59. The van der Waals surface area contributed by atoms with E-state index < -0.39 is 12.1 Å². The van der Waals surface area contributed by atoms with Crippen LogP contribution in [0.15, 0.2) is 42.5 Å². The highest BCUT2D eigenvalue weighted by Crippen LogP contribution is 2.17. The predicted molar refractivity (Wildman–Crippen MR) is 84.1 cm³/mol. The van der Waals surface area contributed by atoms with Gasteiger partial charge in [-0.15, -0.1) is 11.3 Å². The van der Waals surface area contributed by atoms with Gasteiger partial charge in [-0.1, -0.05) is 30.3 Å². The molecule has 2 rings (SSSR count). The summed E-state index contributed by atoms with van der Waals surface area (Å²) in [6.45, 7) is 0.152. The first-order valence-electron chi connectivity index (χ1n) is 6.78. The van der Waals surface area contributed by atoms with Crippen LogP contribution in [0, 0.1) is 0 Å². The average Bonchev–Trinajstić information content (AvgIpc) is 3.03. The van der Waals surface area contributed by atoms with Crippen LogP contribution < -0.4 is 5.32 Å². The number of benzene rings is 1. The van der Waals surface area contributed by atoms with Crippen molar-refractivity contribution in [2.45, 2.75) is 12.5 Å². The van der Waals surface area contributed by atoms with Crippen molar-refractivity contribution in [1.82, 2.24) is 5.32 Å². The largest absolute Gasteiger partial charge is 0.465 e. The van der Waals surface area contributed by atoms with E-state index in [0.717, 1.165) is 16.9 Å². The van der Waals surface area contributed by atoms with Crippen LogP contribution in [0.1, 0.15) is 24.9 Å². The maximum absolute atomic E-state index is 12.0. The molecule has 5 nitrogen and oxygen atoms in total. The fourth-order valence-corrected chi connectivity index (χ4v) is 2.77. The second-order valence-corrected chi connectivity index (χ2v) is 5.79. The number of carbonyl (C=O) groups is 2. The van der Waals surface area contributed by atoms with E-state index in [1.165, 1.54) is 7.11 Å². The third kappa shape index (κ3) is 4.41. The lowest BCUT2D eigenvalue weighted by atomic mass is 10.1. The maximum Gasteiger partial charge on any atom is 0.348 e. The van der Waals surface area contributed by atoms with Crippen molar-refractivity contribution in [3.05, 3.63) is 57.8 Å². The molecule has 0 aliphatic rings. The lowest BCUT2D eigenvalue weighted by Crippen LogP contribution is -2.32. The molecule has 0 aliphatic carbocycles. The van der Waals surface area contributed by atoms with E-state index in [4.69, 9.17) is 0 Å². The molecule has 1 aromatic heterocycles. The Bertz CT molecular complexity index is 639. The van der Waals surface area contributed by atoms with Gasteiger partial charge in [0.1, 0.15) is 4.88 Å². The molecule has 0 radical (unpaired) electrons.